The third-order valence-electron chi connectivity index (χ3n) is 14.6. The molecule has 13 rings (SSSR count). The van der Waals surface area contributed by atoms with Crippen molar-refractivity contribution in [3.05, 3.63) is 266 Å². The Morgan fingerprint density at radius 1 is 0.319 bits per heavy atom. The van der Waals surface area contributed by atoms with Gasteiger partial charge in [0.2, 0.25) is 0 Å². The summed E-state index contributed by atoms with van der Waals surface area (Å²) in [5.74, 6) is 0. The fourth-order valence-electron chi connectivity index (χ4n) is 11.1. The molecule has 0 atom stereocenters. The zero-order valence-electron chi connectivity index (χ0n) is 38.6. The van der Waals surface area contributed by atoms with E-state index in [1.807, 2.05) is 0 Å². The summed E-state index contributed by atoms with van der Waals surface area (Å²) in [5, 5.41) is 4.96. The molecule has 326 valence electrons. The highest BCUT2D eigenvalue weighted by Crippen LogP contribution is 2.51. The number of para-hydroxylation sites is 2. The van der Waals surface area contributed by atoms with Crippen molar-refractivity contribution in [2.45, 2.75) is 19.3 Å². The monoisotopic (exact) mass is 880 g/mol. The lowest BCUT2D eigenvalue weighted by atomic mass is 9.82. The van der Waals surface area contributed by atoms with Gasteiger partial charge >= 0.3 is 0 Å². The van der Waals surface area contributed by atoms with E-state index in [0.717, 1.165) is 28.3 Å². The standard InChI is InChI=1S/C67H48N2/c1-67(2)62-25-13-11-22-59(62)60-39-38-57(44-63(60)67)68(55-34-30-47(31-35-55)45-16-5-3-6-17-45)56-36-32-48(33-37-56)51-41-52(50-29-28-46-18-9-10-19-49(46)40-50)43-53(42-51)58-24-15-27-65-66(58)61-23-12-14-26-64(61)69(65)54-20-7-4-8-21-54/h3-44H,1-2H3. The zero-order chi connectivity index (χ0) is 46.1. The van der Waals surface area contributed by atoms with E-state index in [2.05, 4.69) is 278 Å². The Labute approximate surface area is 403 Å². The average Bonchev–Trinajstić information content (AvgIpc) is 3.87. The maximum atomic E-state index is 2.42. The molecular formula is C67H48N2. The number of hydrogen-bond acceptors (Lipinski definition) is 1. The van der Waals surface area contributed by atoms with Gasteiger partial charge in [-0.1, -0.05) is 184 Å². The van der Waals surface area contributed by atoms with E-state index in [9.17, 15) is 0 Å². The van der Waals surface area contributed by atoms with Crippen molar-refractivity contribution in [2.24, 2.45) is 0 Å². The number of hydrogen-bond donors (Lipinski definition) is 0. The first kappa shape index (κ1) is 40.5. The molecule has 0 aliphatic heterocycles. The topological polar surface area (TPSA) is 8.17 Å². The maximum Gasteiger partial charge on any atom is 0.0547 e. The lowest BCUT2D eigenvalue weighted by Gasteiger charge is -2.28. The average molecular weight is 881 g/mol. The first-order valence-electron chi connectivity index (χ1n) is 24.0. The lowest BCUT2D eigenvalue weighted by molar-refractivity contribution is 0.660. The van der Waals surface area contributed by atoms with Crippen LogP contribution in [-0.2, 0) is 5.41 Å². The van der Waals surface area contributed by atoms with Gasteiger partial charge in [-0.3, -0.25) is 0 Å². The van der Waals surface area contributed by atoms with Crippen LogP contribution < -0.4 is 4.90 Å². The van der Waals surface area contributed by atoms with Gasteiger partial charge in [0, 0.05) is 38.9 Å². The minimum atomic E-state index is -0.122. The van der Waals surface area contributed by atoms with Crippen LogP contribution in [0.2, 0.25) is 0 Å². The fraction of sp³-hybridized carbons (Fsp3) is 0.0448. The summed E-state index contributed by atoms with van der Waals surface area (Å²) in [6.07, 6.45) is 0. The molecule has 0 radical (unpaired) electrons. The molecule has 0 bridgehead atoms. The van der Waals surface area contributed by atoms with Gasteiger partial charge < -0.3 is 9.47 Å². The second-order valence-electron chi connectivity index (χ2n) is 18.9. The summed E-state index contributed by atoms with van der Waals surface area (Å²) in [5.41, 5.74) is 21.7. The van der Waals surface area contributed by atoms with E-state index < -0.39 is 0 Å². The molecule has 2 nitrogen and oxygen atoms in total. The molecule has 0 unspecified atom stereocenters. The van der Waals surface area contributed by atoms with Crippen molar-refractivity contribution < 1.29 is 0 Å². The summed E-state index contributed by atoms with van der Waals surface area (Å²) in [7, 11) is 0. The Hall–Kier alpha value is -8.72. The highest BCUT2D eigenvalue weighted by atomic mass is 15.1. The summed E-state index contributed by atoms with van der Waals surface area (Å²) in [6, 6.07) is 93.8. The summed E-state index contributed by atoms with van der Waals surface area (Å²) in [6.45, 7) is 4.72. The number of fused-ring (bicyclic) bond motifs is 7. The minimum absolute atomic E-state index is 0.122. The number of benzene rings is 11. The van der Waals surface area contributed by atoms with E-state index in [4.69, 9.17) is 0 Å². The van der Waals surface area contributed by atoms with Gasteiger partial charge in [0.25, 0.3) is 0 Å². The predicted molar refractivity (Wildman–Crippen MR) is 292 cm³/mol. The molecule has 11 aromatic carbocycles. The molecule has 1 aliphatic rings. The van der Waals surface area contributed by atoms with Crippen molar-refractivity contribution in [3.8, 4) is 61.3 Å². The number of nitrogens with zero attached hydrogens (tertiary/aromatic N) is 2. The summed E-state index contributed by atoms with van der Waals surface area (Å²) in [4.78, 5) is 2.41. The smallest absolute Gasteiger partial charge is 0.0547 e. The Morgan fingerprint density at radius 3 is 1.62 bits per heavy atom. The van der Waals surface area contributed by atoms with Crippen LogP contribution in [0, 0.1) is 0 Å². The van der Waals surface area contributed by atoms with Gasteiger partial charge in [-0.05, 0) is 162 Å². The van der Waals surface area contributed by atoms with Crippen molar-refractivity contribution in [1.82, 2.24) is 4.57 Å². The molecule has 0 fully saturated rings. The SMILES string of the molecule is CC1(C)c2ccccc2-c2ccc(N(c3ccc(-c4ccccc4)cc3)c3ccc(-c4cc(-c5ccc6ccccc6c5)cc(-c5cccc6c5c5ccccc5n6-c5ccccc5)c4)cc3)cc21. The van der Waals surface area contributed by atoms with Crippen LogP contribution in [-0.4, -0.2) is 4.57 Å². The van der Waals surface area contributed by atoms with E-state index in [0.29, 0.717) is 0 Å². The van der Waals surface area contributed by atoms with Crippen LogP contribution in [0.25, 0.3) is 93.9 Å². The fourth-order valence-corrected chi connectivity index (χ4v) is 11.1. The van der Waals surface area contributed by atoms with Crippen molar-refractivity contribution in [2.75, 3.05) is 4.90 Å². The first-order valence-corrected chi connectivity index (χ1v) is 24.0. The molecule has 2 heteroatoms. The van der Waals surface area contributed by atoms with E-state index in [1.165, 1.54) is 93.8 Å². The molecule has 0 saturated heterocycles. The van der Waals surface area contributed by atoms with Crippen LogP contribution in [0.4, 0.5) is 17.1 Å². The van der Waals surface area contributed by atoms with Crippen molar-refractivity contribution >= 4 is 49.6 Å². The summed E-state index contributed by atoms with van der Waals surface area (Å²) < 4.78 is 2.41. The molecule has 0 amide bonds. The van der Waals surface area contributed by atoms with Gasteiger partial charge in [0.1, 0.15) is 0 Å². The molecule has 0 N–H and O–H groups in total. The van der Waals surface area contributed by atoms with Gasteiger partial charge in [0.15, 0.2) is 0 Å². The molecule has 1 aliphatic carbocycles. The lowest BCUT2D eigenvalue weighted by Crippen LogP contribution is -2.16. The van der Waals surface area contributed by atoms with Gasteiger partial charge in [-0.15, -0.1) is 0 Å². The third-order valence-corrected chi connectivity index (χ3v) is 14.6. The minimum Gasteiger partial charge on any atom is -0.310 e. The van der Waals surface area contributed by atoms with Crippen LogP contribution in [0.3, 0.4) is 0 Å². The van der Waals surface area contributed by atoms with Crippen molar-refractivity contribution in [1.29, 1.82) is 0 Å². The number of anilines is 3. The Balaban J connectivity index is 0.965. The van der Waals surface area contributed by atoms with Gasteiger partial charge in [0.05, 0.1) is 11.0 Å². The quantitative estimate of drug-likeness (QED) is 0.148. The molecule has 69 heavy (non-hydrogen) atoms. The zero-order valence-corrected chi connectivity index (χ0v) is 38.6. The van der Waals surface area contributed by atoms with Crippen molar-refractivity contribution in [3.63, 3.8) is 0 Å². The normalized spacial score (nSPS) is 12.6. The van der Waals surface area contributed by atoms with Crippen LogP contribution in [0.15, 0.2) is 255 Å². The molecule has 0 saturated carbocycles. The predicted octanol–water partition coefficient (Wildman–Crippen LogP) is 18.4. The molecule has 1 heterocycles. The third kappa shape index (κ3) is 6.87. The van der Waals surface area contributed by atoms with Crippen LogP contribution in [0.5, 0.6) is 0 Å². The maximum absolute atomic E-state index is 2.42. The number of aromatic nitrogens is 1. The highest BCUT2D eigenvalue weighted by Gasteiger charge is 2.35. The molecule has 1 aromatic heterocycles. The Morgan fingerprint density at radius 2 is 0.855 bits per heavy atom. The molecular weight excluding hydrogens is 833 g/mol. The number of rotatable bonds is 8. The largest absolute Gasteiger partial charge is 0.310 e. The Bertz CT molecular complexity index is 3900. The second-order valence-corrected chi connectivity index (χ2v) is 18.9. The highest BCUT2D eigenvalue weighted by molar-refractivity contribution is 6.16. The van der Waals surface area contributed by atoms with Gasteiger partial charge in [-0.25, -0.2) is 0 Å². The summed E-state index contributed by atoms with van der Waals surface area (Å²) >= 11 is 0. The van der Waals surface area contributed by atoms with E-state index in [-0.39, 0.29) is 5.41 Å². The van der Waals surface area contributed by atoms with Gasteiger partial charge in [-0.2, -0.15) is 0 Å². The molecule has 12 aromatic rings. The van der Waals surface area contributed by atoms with Crippen LogP contribution in [0.1, 0.15) is 25.0 Å². The first-order chi connectivity index (χ1) is 34.0. The molecule has 0 spiro atoms. The second kappa shape index (κ2) is 16.3. The van der Waals surface area contributed by atoms with Crippen LogP contribution >= 0.6 is 0 Å². The van der Waals surface area contributed by atoms with E-state index >= 15 is 0 Å². The Kier molecular flexibility index (Phi) is 9.55. The van der Waals surface area contributed by atoms with E-state index in [1.54, 1.807) is 0 Å².